The van der Waals surface area contributed by atoms with Crippen molar-refractivity contribution in [2.24, 2.45) is 11.1 Å². The Hall–Kier alpha value is -2.42. The molecular weight excluding hydrogens is 374 g/mol. The third kappa shape index (κ3) is 4.47. The number of nitrogens with zero attached hydrogens (tertiary/aromatic N) is 1. The molecule has 1 aliphatic rings. The molecule has 8 nitrogen and oxygen atoms in total. The minimum atomic E-state index is -1.67. The van der Waals surface area contributed by atoms with Crippen LogP contribution < -0.4 is 11.1 Å². The zero-order chi connectivity index (χ0) is 20.0. The van der Waals surface area contributed by atoms with E-state index in [1.165, 1.54) is 12.2 Å². The smallest absolute Gasteiger partial charge is 0.246 e. The third-order valence-corrected chi connectivity index (χ3v) is 4.65. The van der Waals surface area contributed by atoms with Crippen LogP contribution in [0.3, 0.4) is 0 Å². The van der Waals surface area contributed by atoms with Gasteiger partial charge < -0.3 is 26.2 Å². The molecule has 2 rings (SSSR count). The molecule has 2 atom stereocenters. The van der Waals surface area contributed by atoms with Crippen LogP contribution in [0.1, 0.15) is 5.56 Å². The summed E-state index contributed by atoms with van der Waals surface area (Å²) in [6.07, 6.45) is 2.77. The lowest BCUT2D eigenvalue weighted by molar-refractivity contribution is -0.152. The first-order chi connectivity index (χ1) is 12.9. The molecule has 146 valence electrons. The van der Waals surface area contributed by atoms with E-state index in [1.807, 2.05) is 0 Å². The van der Waals surface area contributed by atoms with E-state index >= 15 is 0 Å². The van der Waals surface area contributed by atoms with E-state index in [-0.39, 0.29) is 32.7 Å². The number of rotatable bonds is 8. The number of carbonyl (C=O) groups excluding carboxylic acids is 3. The van der Waals surface area contributed by atoms with Crippen LogP contribution in [0, 0.1) is 5.41 Å². The minimum absolute atomic E-state index is 0.00173. The van der Waals surface area contributed by atoms with Crippen LogP contribution in [-0.2, 0) is 20.8 Å². The van der Waals surface area contributed by atoms with Gasteiger partial charge in [-0.05, 0) is 24.1 Å². The van der Waals surface area contributed by atoms with Crippen molar-refractivity contribution >= 4 is 29.3 Å². The Morgan fingerprint density at radius 2 is 1.89 bits per heavy atom. The largest absolute Gasteiger partial charge is 0.395 e. The second kappa shape index (κ2) is 8.98. The molecule has 1 aliphatic heterocycles. The summed E-state index contributed by atoms with van der Waals surface area (Å²) >= 11 is 5.87. The lowest BCUT2D eigenvalue weighted by atomic mass is 9.76. The standard InChI is InChI=1S/C18H22ClN3O5/c19-13-3-1-12(2-4-13)11-18(16(20)26)6-5-14(15(25)21-7-9-23)22(8-10-24)17(18)27/h1-6,14,23-24H,7-11H2,(H2,20,26)(H,21,25). The molecule has 0 aliphatic carbocycles. The Labute approximate surface area is 161 Å². The van der Waals surface area contributed by atoms with Crippen LogP contribution in [0.4, 0.5) is 0 Å². The van der Waals surface area contributed by atoms with Gasteiger partial charge in [-0.2, -0.15) is 0 Å². The molecule has 2 unspecified atom stereocenters. The van der Waals surface area contributed by atoms with E-state index in [4.69, 9.17) is 22.4 Å². The van der Waals surface area contributed by atoms with Gasteiger partial charge in [-0.25, -0.2) is 0 Å². The van der Waals surface area contributed by atoms with Crippen molar-refractivity contribution in [1.82, 2.24) is 10.2 Å². The Morgan fingerprint density at radius 3 is 2.44 bits per heavy atom. The van der Waals surface area contributed by atoms with Crippen LogP contribution in [0.5, 0.6) is 0 Å². The van der Waals surface area contributed by atoms with Crippen molar-refractivity contribution in [3.63, 3.8) is 0 Å². The highest BCUT2D eigenvalue weighted by Crippen LogP contribution is 2.33. The molecule has 9 heteroatoms. The second-order valence-corrected chi connectivity index (χ2v) is 6.62. The molecule has 3 amide bonds. The number of amides is 3. The highest BCUT2D eigenvalue weighted by molar-refractivity contribution is 6.30. The number of aliphatic hydroxyl groups is 2. The number of hydrogen-bond acceptors (Lipinski definition) is 5. The summed E-state index contributed by atoms with van der Waals surface area (Å²) in [5.41, 5.74) is 4.57. The van der Waals surface area contributed by atoms with E-state index in [9.17, 15) is 19.5 Å². The number of nitrogens with one attached hydrogen (secondary N) is 1. The fourth-order valence-electron chi connectivity index (χ4n) is 3.01. The maximum atomic E-state index is 13.1. The van der Waals surface area contributed by atoms with E-state index < -0.39 is 29.2 Å². The number of benzene rings is 1. The van der Waals surface area contributed by atoms with Gasteiger partial charge in [0.15, 0.2) is 0 Å². The maximum absolute atomic E-state index is 13.1. The first-order valence-corrected chi connectivity index (χ1v) is 8.77. The first-order valence-electron chi connectivity index (χ1n) is 8.40. The monoisotopic (exact) mass is 395 g/mol. The summed E-state index contributed by atoms with van der Waals surface area (Å²) in [5, 5.41) is 21.2. The van der Waals surface area contributed by atoms with Gasteiger partial charge in [0.1, 0.15) is 11.5 Å². The van der Waals surface area contributed by atoms with Crippen molar-refractivity contribution in [1.29, 1.82) is 0 Å². The molecule has 27 heavy (non-hydrogen) atoms. The summed E-state index contributed by atoms with van der Waals surface area (Å²) < 4.78 is 0. The molecule has 0 saturated heterocycles. The number of nitrogens with two attached hydrogens (primary N) is 1. The zero-order valence-electron chi connectivity index (χ0n) is 14.6. The Balaban J connectivity index is 2.40. The van der Waals surface area contributed by atoms with Crippen molar-refractivity contribution < 1.29 is 24.6 Å². The topological polar surface area (TPSA) is 133 Å². The van der Waals surface area contributed by atoms with Gasteiger partial charge >= 0.3 is 0 Å². The summed E-state index contributed by atoms with van der Waals surface area (Å²) in [6, 6.07) is 5.64. The highest BCUT2D eigenvalue weighted by atomic mass is 35.5. The normalized spacial score (nSPS) is 22.0. The van der Waals surface area contributed by atoms with Crippen molar-refractivity contribution in [2.45, 2.75) is 12.5 Å². The van der Waals surface area contributed by atoms with Crippen LogP contribution >= 0.6 is 11.6 Å². The number of primary amides is 1. The van der Waals surface area contributed by atoms with Crippen LogP contribution in [-0.4, -0.2) is 65.2 Å². The predicted octanol–water partition coefficient (Wildman–Crippen LogP) is -0.778. The third-order valence-electron chi connectivity index (χ3n) is 4.40. The molecule has 1 aromatic rings. The Morgan fingerprint density at radius 1 is 1.22 bits per heavy atom. The minimum Gasteiger partial charge on any atom is -0.395 e. The van der Waals surface area contributed by atoms with Crippen LogP contribution in [0.2, 0.25) is 5.02 Å². The average Bonchev–Trinajstić information content (AvgIpc) is 2.64. The number of aliphatic hydroxyl groups excluding tert-OH is 2. The van der Waals surface area contributed by atoms with Gasteiger partial charge in [-0.1, -0.05) is 35.9 Å². The second-order valence-electron chi connectivity index (χ2n) is 6.18. The first kappa shape index (κ1) is 20.9. The van der Waals surface area contributed by atoms with Gasteiger partial charge in [-0.15, -0.1) is 0 Å². The number of carbonyl (C=O) groups is 3. The van der Waals surface area contributed by atoms with Gasteiger partial charge in [0, 0.05) is 18.1 Å². The number of β-amino-alcohol motifs (C(OH)–C–C–N with tert-alkyl or cyclic N) is 1. The molecule has 5 N–H and O–H groups in total. The van der Waals surface area contributed by atoms with Crippen molar-refractivity contribution in [2.75, 3.05) is 26.3 Å². The fourth-order valence-corrected chi connectivity index (χ4v) is 3.13. The fraction of sp³-hybridized carbons (Fsp3) is 0.389. The highest BCUT2D eigenvalue weighted by Gasteiger charge is 2.49. The SMILES string of the molecule is NC(=O)C1(Cc2ccc(Cl)cc2)C=CC(C(=O)NCCO)N(CCO)C1=O. The van der Waals surface area contributed by atoms with Gasteiger partial charge in [-0.3, -0.25) is 14.4 Å². The summed E-state index contributed by atoms with van der Waals surface area (Å²) in [5.74, 6) is -2.03. The molecule has 0 radical (unpaired) electrons. The lowest BCUT2D eigenvalue weighted by Gasteiger charge is -2.39. The van der Waals surface area contributed by atoms with E-state index in [1.54, 1.807) is 24.3 Å². The van der Waals surface area contributed by atoms with Gasteiger partial charge in [0.25, 0.3) is 0 Å². The van der Waals surface area contributed by atoms with Crippen LogP contribution in [0.15, 0.2) is 36.4 Å². The molecule has 0 saturated carbocycles. The Kier molecular flexibility index (Phi) is 6.95. The van der Waals surface area contributed by atoms with Gasteiger partial charge in [0.2, 0.25) is 17.7 Å². The number of halogens is 1. The molecule has 0 fully saturated rings. The molecule has 1 aromatic carbocycles. The molecule has 1 heterocycles. The molecule has 0 aromatic heterocycles. The van der Waals surface area contributed by atoms with E-state index in [0.29, 0.717) is 10.6 Å². The summed E-state index contributed by atoms with van der Waals surface area (Å²) in [7, 11) is 0. The maximum Gasteiger partial charge on any atom is 0.246 e. The summed E-state index contributed by atoms with van der Waals surface area (Å²) in [4.78, 5) is 38.8. The van der Waals surface area contributed by atoms with E-state index in [2.05, 4.69) is 5.32 Å². The van der Waals surface area contributed by atoms with Gasteiger partial charge in [0.05, 0.1) is 13.2 Å². The zero-order valence-corrected chi connectivity index (χ0v) is 15.4. The Bertz CT molecular complexity index is 737. The summed E-state index contributed by atoms with van der Waals surface area (Å²) in [6.45, 7) is -0.761. The quantitative estimate of drug-likeness (QED) is 0.338. The average molecular weight is 396 g/mol. The molecule has 0 spiro atoms. The van der Waals surface area contributed by atoms with Crippen LogP contribution in [0.25, 0.3) is 0 Å². The molecular formula is C18H22ClN3O5. The van der Waals surface area contributed by atoms with Crippen molar-refractivity contribution in [3.05, 3.63) is 47.0 Å². The van der Waals surface area contributed by atoms with E-state index in [0.717, 1.165) is 4.90 Å². The van der Waals surface area contributed by atoms with Crippen molar-refractivity contribution in [3.8, 4) is 0 Å². The molecule has 0 bridgehead atoms. The number of hydrogen-bond donors (Lipinski definition) is 4. The lowest BCUT2D eigenvalue weighted by Crippen LogP contribution is -2.60. The predicted molar refractivity (Wildman–Crippen MR) is 98.6 cm³/mol.